The molecule has 0 atom stereocenters. The Morgan fingerprint density at radius 3 is 2.78 bits per heavy atom. The van der Waals surface area contributed by atoms with Gasteiger partial charge < -0.3 is 10.5 Å². The molecule has 2 rings (SSSR count). The summed E-state index contributed by atoms with van der Waals surface area (Å²) >= 11 is 4.49. The highest BCUT2D eigenvalue weighted by Crippen LogP contribution is 2.37. The fourth-order valence-electron chi connectivity index (χ4n) is 1.48. The summed E-state index contributed by atoms with van der Waals surface area (Å²) in [5.41, 5.74) is 6.90. The maximum Gasteiger partial charge on any atom is 0.350 e. The topological polar surface area (TPSA) is 52.3 Å². The lowest BCUT2D eigenvalue weighted by Crippen LogP contribution is -2.00. The third-order valence-corrected chi connectivity index (χ3v) is 4.15. The van der Waals surface area contributed by atoms with Crippen LogP contribution in [-0.4, -0.2) is 13.1 Å². The predicted molar refractivity (Wildman–Crippen MR) is 73.2 cm³/mol. The number of methoxy groups -OCH3 is 1. The van der Waals surface area contributed by atoms with Gasteiger partial charge in [-0.1, -0.05) is 15.9 Å². The van der Waals surface area contributed by atoms with Gasteiger partial charge in [0, 0.05) is 14.9 Å². The van der Waals surface area contributed by atoms with Crippen molar-refractivity contribution in [3.63, 3.8) is 0 Å². The van der Waals surface area contributed by atoms with E-state index in [1.54, 1.807) is 12.1 Å². The number of hydrogen-bond acceptors (Lipinski definition) is 4. The monoisotopic (exact) mass is 329 g/mol. The van der Waals surface area contributed by atoms with Crippen molar-refractivity contribution in [1.29, 1.82) is 0 Å². The molecule has 6 heteroatoms. The van der Waals surface area contributed by atoms with Gasteiger partial charge in [-0.25, -0.2) is 9.18 Å². The van der Waals surface area contributed by atoms with Gasteiger partial charge in [0.15, 0.2) is 0 Å². The molecule has 18 heavy (non-hydrogen) atoms. The van der Waals surface area contributed by atoms with E-state index in [1.807, 2.05) is 0 Å². The molecule has 2 aromatic rings. The zero-order chi connectivity index (χ0) is 13.3. The number of esters is 1. The van der Waals surface area contributed by atoms with E-state index < -0.39 is 5.97 Å². The number of hydrogen-bond donors (Lipinski definition) is 1. The van der Waals surface area contributed by atoms with Crippen molar-refractivity contribution < 1.29 is 13.9 Å². The Morgan fingerprint density at radius 1 is 1.44 bits per heavy atom. The van der Waals surface area contributed by atoms with Crippen LogP contribution in [0.5, 0.6) is 0 Å². The van der Waals surface area contributed by atoms with Crippen LogP contribution in [0.15, 0.2) is 28.7 Å². The first-order chi connectivity index (χ1) is 8.52. The molecule has 0 aliphatic heterocycles. The Morgan fingerprint density at radius 2 is 2.17 bits per heavy atom. The lowest BCUT2D eigenvalue weighted by molar-refractivity contribution is 0.0607. The van der Waals surface area contributed by atoms with Crippen LogP contribution < -0.4 is 5.73 Å². The third-order valence-electron chi connectivity index (χ3n) is 2.33. The smallest absolute Gasteiger partial charge is 0.350 e. The molecule has 0 saturated heterocycles. The van der Waals surface area contributed by atoms with Crippen LogP contribution in [0.2, 0.25) is 0 Å². The molecule has 0 fully saturated rings. The van der Waals surface area contributed by atoms with Gasteiger partial charge in [-0.05, 0) is 24.3 Å². The number of halogens is 2. The molecule has 0 spiro atoms. The highest BCUT2D eigenvalue weighted by molar-refractivity contribution is 9.10. The van der Waals surface area contributed by atoms with Crippen molar-refractivity contribution in [3.05, 3.63) is 39.4 Å². The first kappa shape index (κ1) is 13.0. The fraction of sp³-hybridized carbons (Fsp3) is 0.0833. The van der Waals surface area contributed by atoms with E-state index in [0.29, 0.717) is 15.0 Å². The molecule has 1 aromatic heterocycles. The van der Waals surface area contributed by atoms with Crippen LogP contribution in [0.3, 0.4) is 0 Å². The highest BCUT2D eigenvalue weighted by Gasteiger charge is 2.16. The van der Waals surface area contributed by atoms with Gasteiger partial charge in [-0.15, -0.1) is 11.3 Å². The molecule has 0 bridgehead atoms. The Hall–Kier alpha value is -1.40. The van der Waals surface area contributed by atoms with Crippen LogP contribution in [0.4, 0.5) is 10.1 Å². The molecule has 3 nitrogen and oxygen atoms in total. The molecule has 94 valence electrons. The van der Waals surface area contributed by atoms with Gasteiger partial charge in [0.05, 0.1) is 12.8 Å². The maximum atomic E-state index is 13.0. The van der Waals surface area contributed by atoms with Gasteiger partial charge in [0.2, 0.25) is 0 Å². The van der Waals surface area contributed by atoms with Gasteiger partial charge in [0.25, 0.3) is 0 Å². The van der Waals surface area contributed by atoms with Crippen LogP contribution in [0.25, 0.3) is 10.4 Å². The van der Waals surface area contributed by atoms with Crippen molar-refractivity contribution >= 4 is 38.9 Å². The van der Waals surface area contributed by atoms with Gasteiger partial charge >= 0.3 is 5.97 Å². The number of benzene rings is 1. The maximum absolute atomic E-state index is 13.0. The molecule has 0 aliphatic rings. The van der Waals surface area contributed by atoms with Crippen LogP contribution in [0, 0.1) is 5.82 Å². The lowest BCUT2D eigenvalue weighted by atomic mass is 10.2. The van der Waals surface area contributed by atoms with Crippen molar-refractivity contribution in [3.8, 4) is 10.4 Å². The summed E-state index contributed by atoms with van der Waals surface area (Å²) in [7, 11) is 1.30. The number of thiophene rings is 1. The van der Waals surface area contributed by atoms with E-state index in [1.165, 1.54) is 30.6 Å². The molecule has 0 radical (unpaired) electrons. The second-order valence-corrected chi connectivity index (χ2v) is 5.42. The number of carbonyl (C=O) groups is 1. The lowest BCUT2D eigenvalue weighted by Gasteiger charge is -2.00. The van der Waals surface area contributed by atoms with Crippen LogP contribution >= 0.6 is 27.3 Å². The minimum Gasteiger partial charge on any atom is -0.465 e. The fourth-order valence-corrected chi connectivity index (χ4v) is 3.21. The number of rotatable bonds is 2. The van der Waals surface area contributed by atoms with Gasteiger partial charge in [0.1, 0.15) is 10.7 Å². The second kappa shape index (κ2) is 5.07. The molecular formula is C12H9BrFNO2S. The molecule has 0 unspecified atom stereocenters. The zero-order valence-corrected chi connectivity index (χ0v) is 11.8. The molecule has 0 amide bonds. The second-order valence-electron chi connectivity index (χ2n) is 3.51. The molecular weight excluding hydrogens is 321 g/mol. The number of nitrogen functional groups attached to an aromatic ring is 1. The molecule has 0 aliphatic carbocycles. The summed E-state index contributed by atoms with van der Waals surface area (Å²) in [6, 6.07) is 6.03. The van der Waals surface area contributed by atoms with Crippen molar-refractivity contribution in [2.45, 2.75) is 0 Å². The summed E-state index contributed by atoms with van der Waals surface area (Å²) in [6.45, 7) is 0. The van der Waals surface area contributed by atoms with E-state index in [0.717, 1.165) is 10.4 Å². The Kier molecular flexibility index (Phi) is 3.68. The van der Waals surface area contributed by atoms with Gasteiger partial charge in [-0.2, -0.15) is 0 Å². The summed E-state index contributed by atoms with van der Waals surface area (Å²) < 4.78 is 18.3. The summed E-state index contributed by atoms with van der Waals surface area (Å²) in [4.78, 5) is 12.6. The van der Waals surface area contributed by atoms with E-state index >= 15 is 0 Å². The van der Waals surface area contributed by atoms with E-state index in [-0.39, 0.29) is 5.82 Å². The molecule has 0 saturated carbocycles. The normalized spacial score (nSPS) is 10.4. The Labute approximate surface area is 116 Å². The standard InChI is InChI=1S/C12H9BrFNO2S/c1-17-12(16)11-9(15)5-10(18-11)7-3-2-6(14)4-8(7)13/h2-5H,15H2,1H3. The first-order valence-electron chi connectivity index (χ1n) is 4.96. The largest absolute Gasteiger partial charge is 0.465 e. The number of ether oxygens (including phenoxy) is 1. The average Bonchev–Trinajstić information content (AvgIpc) is 2.70. The first-order valence-corrected chi connectivity index (χ1v) is 6.57. The van der Waals surface area contributed by atoms with Crippen molar-refractivity contribution in [2.24, 2.45) is 0 Å². The predicted octanol–water partition coefficient (Wildman–Crippen LogP) is 3.69. The summed E-state index contributed by atoms with van der Waals surface area (Å²) in [6.07, 6.45) is 0. The van der Waals surface area contributed by atoms with Crippen molar-refractivity contribution in [2.75, 3.05) is 12.8 Å². The van der Waals surface area contributed by atoms with E-state index in [9.17, 15) is 9.18 Å². The van der Waals surface area contributed by atoms with Gasteiger partial charge in [-0.3, -0.25) is 0 Å². The quantitative estimate of drug-likeness (QED) is 0.855. The molecule has 1 aromatic carbocycles. The Bertz CT molecular complexity index is 612. The number of anilines is 1. The summed E-state index contributed by atoms with van der Waals surface area (Å²) in [5, 5.41) is 0. The summed E-state index contributed by atoms with van der Waals surface area (Å²) in [5.74, 6) is -0.801. The minimum atomic E-state index is -0.470. The van der Waals surface area contributed by atoms with Crippen molar-refractivity contribution in [1.82, 2.24) is 0 Å². The van der Waals surface area contributed by atoms with E-state index in [4.69, 9.17) is 5.73 Å². The van der Waals surface area contributed by atoms with E-state index in [2.05, 4.69) is 20.7 Å². The number of carbonyl (C=O) groups excluding carboxylic acids is 1. The number of nitrogens with two attached hydrogens (primary N) is 1. The highest BCUT2D eigenvalue weighted by atomic mass is 79.9. The minimum absolute atomic E-state index is 0.330. The average molecular weight is 330 g/mol. The SMILES string of the molecule is COC(=O)c1sc(-c2ccc(F)cc2Br)cc1N. The van der Waals surface area contributed by atoms with Crippen LogP contribution in [-0.2, 0) is 4.74 Å². The molecule has 2 N–H and O–H groups in total. The Balaban J connectivity index is 2.49. The van der Waals surface area contributed by atoms with Crippen LogP contribution in [0.1, 0.15) is 9.67 Å². The molecule has 1 heterocycles. The third kappa shape index (κ3) is 2.39. The zero-order valence-electron chi connectivity index (χ0n) is 9.37.